The summed E-state index contributed by atoms with van der Waals surface area (Å²) in [4.78, 5) is 0. The zero-order chi connectivity index (χ0) is 0. The molecule has 0 saturated heterocycles. The first-order valence-corrected chi connectivity index (χ1v) is 0. The Bertz CT molecular complexity index is 6.00. The second kappa shape index (κ2) is 38.3. The molecule has 33 valence electrons. The molecule has 0 aliphatic carbocycles. The molecule has 0 aliphatic heterocycles. The maximum Gasteiger partial charge on any atom is 0 e. The average Bonchev–Trinajstić information content (AvgIpc) is 0. The third-order valence-corrected chi connectivity index (χ3v) is 0. The first kappa shape index (κ1) is 86.1. The van der Waals surface area contributed by atoms with E-state index in [1.54, 1.807) is 0 Å². The monoisotopic (exact) mass is 151 g/mol. The second-order valence-corrected chi connectivity index (χ2v) is 0. The molecule has 0 bridgehead atoms. The van der Waals surface area contributed by atoms with Crippen LogP contribution < -0.4 is 0 Å². The summed E-state index contributed by atoms with van der Waals surface area (Å²) in [5.74, 6) is 0. The fourth-order valence-corrected chi connectivity index (χ4v) is 0. The van der Waals surface area contributed by atoms with Crippen LogP contribution in [0.5, 0.6) is 0 Å². The molecule has 0 unspecified atom stereocenters. The zero-order valence-corrected chi connectivity index (χ0v) is 3.83. The maximum atomic E-state index is 0. The summed E-state index contributed by atoms with van der Waals surface area (Å²) in [5.41, 5.74) is 0. The molecule has 4 N–H and O–H groups in total. The van der Waals surface area contributed by atoms with Gasteiger partial charge in [0.25, 0.3) is 0 Å². The summed E-state index contributed by atoms with van der Waals surface area (Å²) in [5, 5.41) is 0. The van der Waals surface area contributed by atoms with Crippen LogP contribution in [0.4, 0.5) is 0 Å². The van der Waals surface area contributed by atoms with Gasteiger partial charge in [-0.2, -0.15) is 0 Å². The van der Waals surface area contributed by atoms with Crippen LogP contribution in [0.1, 0.15) is 0 Å². The van der Waals surface area contributed by atoms with Crippen LogP contribution in [0.3, 0.4) is 0 Å². The molecular formula is H4CoFeO2. The minimum absolute atomic E-state index is 0. The predicted octanol–water partition coefficient (Wildman–Crippen LogP) is -1.65. The van der Waals surface area contributed by atoms with Crippen LogP contribution in [0.25, 0.3) is 0 Å². The van der Waals surface area contributed by atoms with Crippen LogP contribution in [0.15, 0.2) is 0 Å². The van der Waals surface area contributed by atoms with Crippen molar-refractivity contribution in [1.29, 1.82) is 0 Å². The van der Waals surface area contributed by atoms with Crippen molar-refractivity contribution in [2.75, 3.05) is 0 Å². The molecule has 0 aromatic carbocycles. The van der Waals surface area contributed by atoms with E-state index in [1.807, 2.05) is 0 Å². The van der Waals surface area contributed by atoms with Gasteiger partial charge in [-0.25, -0.2) is 0 Å². The van der Waals surface area contributed by atoms with E-state index in [9.17, 15) is 0 Å². The fourth-order valence-electron chi connectivity index (χ4n) is 0. The van der Waals surface area contributed by atoms with Crippen molar-refractivity contribution in [3.8, 4) is 0 Å². The molecule has 0 aromatic rings. The van der Waals surface area contributed by atoms with Crippen LogP contribution in [-0.4, -0.2) is 11.0 Å². The molecule has 0 aromatic heterocycles. The normalized spacial score (nSPS) is 0. The van der Waals surface area contributed by atoms with Crippen molar-refractivity contribution < 1.29 is 44.8 Å². The van der Waals surface area contributed by atoms with Crippen molar-refractivity contribution in [3.63, 3.8) is 0 Å². The number of hydrogen-bond donors (Lipinski definition) is 0. The molecule has 4 heteroatoms. The zero-order valence-electron chi connectivity index (χ0n) is 1.69. The van der Waals surface area contributed by atoms with Gasteiger partial charge in [0.05, 0.1) is 0 Å². The molecule has 4 heavy (non-hydrogen) atoms. The van der Waals surface area contributed by atoms with Crippen LogP contribution in [-0.2, 0) is 33.8 Å². The molecule has 0 atom stereocenters. The molecule has 0 rings (SSSR count). The van der Waals surface area contributed by atoms with Gasteiger partial charge in [-0.3, -0.25) is 0 Å². The third kappa shape index (κ3) is 12.5. The van der Waals surface area contributed by atoms with E-state index in [2.05, 4.69) is 0 Å². The average molecular weight is 151 g/mol. The number of rotatable bonds is 0. The summed E-state index contributed by atoms with van der Waals surface area (Å²) in [7, 11) is 0. The molecule has 0 heterocycles. The Kier molecular flexibility index (Phi) is 823. The Labute approximate surface area is 45.2 Å². The molecule has 2 nitrogen and oxygen atoms in total. The Morgan fingerprint density at radius 3 is 0.750 bits per heavy atom. The van der Waals surface area contributed by atoms with Crippen molar-refractivity contribution >= 4 is 0 Å². The molecule has 0 fully saturated rings. The first-order chi connectivity index (χ1) is 0. The largest absolute Gasteiger partial charge is 0.412 e. The fraction of sp³-hybridized carbons (Fsp3) is 0. The van der Waals surface area contributed by atoms with Crippen LogP contribution in [0, 0.1) is 0 Å². The van der Waals surface area contributed by atoms with E-state index in [1.165, 1.54) is 0 Å². The summed E-state index contributed by atoms with van der Waals surface area (Å²) < 4.78 is 0. The molecule has 0 amide bonds. The van der Waals surface area contributed by atoms with E-state index >= 15 is 0 Å². The van der Waals surface area contributed by atoms with Gasteiger partial charge in [-0.1, -0.05) is 0 Å². The standard InChI is InChI=1S/Co.Fe.2H2O/h;;2*1H2. The molecule has 0 aliphatic rings. The van der Waals surface area contributed by atoms with Gasteiger partial charge in [0.15, 0.2) is 0 Å². The quantitative estimate of drug-likeness (QED) is 0.372. The summed E-state index contributed by atoms with van der Waals surface area (Å²) in [6.07, 6.45) is 0. The van der Waals surface area contributed by atoms with Gasteiger partial charge in [0, 0.05) is 33.8 Å². The van der Waals surface area contributed by atoms with Gasteiger partial charge < -0.3 is 11.0 Å². The van der Waals surface area contributed by atoms with E-state index in [0.717, 1.165) is 0 Å². The molecule has 1 radical (unpaired) electrons. The molecular weight excluding hydrogens is 147 g/mol. The topological polar surface area (TPSA) is 63.0 Å². The Morgan fingerprint density at radius 1 is 0.750 bits per heavy atom. The Hall–Kier alpha value is 0.946. The van der Waals surface area contributed by atoms with E-state index in [0.29, 0.717) is 0 Å². The molecule has 0 spiro atoms. The number of hydrogen-bond acceptors (Lipinski definition) is 0. The van der Waals surface area contributed by atoms with Crippen molar-refractivity contribution in [1.82, 2.24) is 0 Å². The van der Waals surface area contributed by atoms with Crippen molar-refractivity contribution in [2.24, 2.45) is 0 Å². The van der Waals surface area contributed by atoms with E-state index < -0.39 is 0 Å². The van der Waals surface area contributed by atoms with Crippen molar-refractivity contribution in [3.05, 3.63) is 0 Å². The second-order valence-electron chi connectivity index (χ2n) is 0. The molecule has 0 saturated carbocycles. The Balaban J connectivity index is 0. The summed E-state index contributed by atoms with van der Waals surface area (Å²) in [6.45, 7) is 0. The van der Waals surface area contributed by atoms with Crippen LogP contribution >= 0.6 is 0 Å². The third-order valence-electron chi connectivity index (χ3n) is 0. The Morgan fingerprint density at radius 2 is 0.750 bits per heavy atom. The van der Waals surface area contributed by atoms with E-state index in [-0.39, 0.29) is 44.8 Å². The van der Waals surface area contributed by atoms with Gasteiger partial charge in [-0.05, 0) is 0 Å². The van der Waals surface area contributed by atoms with E-state index in [4.69, 9.17) is 0 Å². The predicted molar refractivity (Wildman–Crippen MR) is 7.23 cm³/mol. The SMILES string of the molecule is O.O.[Co].[Fe]. The minimum atomic E-state index is 0. The van der Waals surface area contributed by atoms with Gasteiger partial charge in [0.2, 0.25) is 0 Å². The van der Waals surface area contributed by atoms with Crippen molar-refractivity contribution in [2.45, 2.75) is 0 Å². The smallest absolute Gasteiger partial charge is 0 e. The van der Waals surface area contributed by atoms with Gasteiger partial charge >= 0.3 is 0 Å². The summed E-state index contributed by atoms with van der Waals surface area (Å²) in [6, 6.07) is 0. The van der Waals surface area contributed by atoms with Crippen LogP contribution in [0.2, 0.25) is 0 Å². The maximum absolute atomic E-state index is 0. The summed E-state index contributed by atoms with van der Waals surface area (Å²) >= 11 is 0. The first-order valence-electron chi connectivity index (χ1n) is 0. The van der Waals surface area contributed by atoms with Gasteiger partial charge in [0.1, 0.15) is 0 Å². The minimum Gasteiger partial charge on any atom is -0.412 e. The van der Waals surface area contributed by atoms with Gasteiger partial charge in [-0.15, -0.1) is 0 Å².